The molecule has 2 aliphatic rings. The minimum absolute atomic E-state index is 0. The van der Waals surface area contributed by atoms with Crippen LogP contribution in [0.1, 0.15) is 0 Å². The molecule has 4 rings (SSSR count). The monoisotopic (exact) mass is 551 g/mol. The number of thioether (sulfide) groups is 1. The summed E-state index contributed by atoms with van der Waals surface area (Å²) < 4.78 is 16.5. The van der Waals surface area contributed by atoms with Crippen molar-refractivity contribution in [1.82, 2.24) is 15.2 Å². The highest BCUT2D eigenvalue weighted by Crippen LogP contribution is 2.18. The topological polar surface area (TPSA) is 71.5 Å². The number of hydrogen-bond acceptors (Lipinski definition) is 7. The molecular weight excluding hydrogens is 518 g/mol. The van der Waals surface area contributed by atoms with Crippen LogP contribution in [0.15, 0.2) is 58.5 Å². The van der Waals surface area contributed by atoms with Gasteiger partial charge in [-0.2, -0.15) is 0 Å². The number of ether oxygens (including phenoxy) is 3. The average molecular weight is 553 g/mol. The molecule has 0 bridgehead atoms. The summed E-state index contributed by atoms with van der Waals surface area (Å²) in [6, 6.07) is 14.5. The van der Waals surface area contributed by atoms with Crippen LogP contribution in [-0.2, 0) is 9.47 Å². The van der Waals surface area contributed by atoms with Gasteiger partial charge in [0.25, 0.3) is 0 Å². The van der Waals surface area contributed by atoms with Crippen LogP contribution < -0.4 is 15.0 Å². The van der Waals surface area contributed by atoms with Crippen molar-refractivity contribution in [2.45, 2.75) is 11.0 Å². The Morgan fingerprint density at radius 2 is 1.97 bits per heavy atom. The molecule has 1 atom stereocenters. The zero-order chi connectivity index (χ0) is 22.7. The number of piperazine rings is 1. The predicted octanol–water partition coefficient (Wildman–Crippen LogP) is 2.94. The number of methoxy groups -OCH3 is 1. The van der Waals surface area contributed by atoms with E-state index < -0.39 is 0 Å². The summed E-state index contributed by atoms with van der Waals surface area (Å²) in [5.41, 5.74) is 0. The number of nitrogens with zero attached hydrogens (tertiary/aromatic N) is 4. The first kappa shape index (κ1) is 26.6. The van der Waals surface area contributed by atoms with E-state index in [9.17, 15) is 0 Å². The van der Waals surface area contributed by atoms with Crippen LogP contribution in [0.3, 0.4) is 0 Å². The molecule has 1 N–H and O–H groups in total. The smallest absolute Gasteiger partial charge is 0.194 e. The molecule has 2 aliphatic heterocycles. The van der Waals surface area contributed by atoms with Crippen molar-refractivity contribution >= 4 is 40.5 Å². The molecule has 3 heterocycles. The molecule has 2 fully saturated rings. The number of aromatic nitrogens is 1. The van der Waals surface area contributed by atoms with Crippen LogP contribution in [0, 0.1) is 0 Å². The first-order valence-corrected chi connectivity index (χ1v) is 12.5. The number of aliphatic imine (C=N–C) groups is 1. The van der Waals surface area contributed by atoms with Crippen molar-refractivity contribution in [2.75, 3.05) is 76.9 Å². The van der Waals surface area contributed by atoms with Gasteiger partial charge in [0.15, 0.2) is 5.96 Å². The first-order chi connectivity index (χ1) is 16.3. The van der Waals surface area contributed by atoms with Gasteiger partial charge in [-0.1, -0.05) is 18.2 Å². The molecule has 0 unspecified atom stereocenters. The Balaban J connectivity index is 0.00000324. The Bertz CT molecular complexity index is 861. The fourth-order valence-electron chi connectivity index (χ4n) is 3.77. The quantitative estimate of drug-likeness (QED) is 0.232. The standard InChI is InChI=1S/C24H33N5O3S.BrH/c1-30-20-7-8-23(26-17-20)28-10-12-29(13-11-28)24(27-18-21-19-31-14-15-32-21)25-9-16-33-22-5-3-2-4-6-22;/h2-8,17,21H,9-16,18-19H2,1H3,(H,25,27);1H/t21-;/m0./s1. The summed E-state index contributed by atoms with van der Waals surface area (Å²) in [6.45, 7) is 6.92. The van der Waals surface area contributed by atoms with Crippen LogP contribution in [0.5, 0.6) is 5.75 Å². The summed E-state index contributed by atoms with van der Waals surface area (Å²) in [5, 5.41) is 3.58. The van der Waals surface area contributed by atoms with Crippen molar-refractivity contribution in [1.29, 1.82) is 0 Å². The molecule has 8 nitrogen and oxygen atoms in total. The molecule has 1 aromatic carbocycles. The van der Waals surface area contributed by atoms with E-state index in [0.717, 1.165) is 56.0 Å². The van der Waals surface area contributed by atoms with Crippen LogP contribution >= 0.6 is 28.7 Å². The van der Waals surface area contributed by atoms with Crippen molar-refractivity contribution in [3.8, 4) is 5.75 Å². The van der Waals surface area contributed by atoms with Gasteiger partial charge in [-0.15, -0.1) is 28.7 Å². The number of nitrogens with one attached hydrogen (secondary N) is 1. The zero-order valence-corrected chi connectivity index (χ0v) is 22.1. The number of pyridine rings is 1. The number of anilines is 1. The van der Waals surface area contributed by atoms with E-state index in [1.165, 1.54) is 4.90 Å². The largest absolute Gasteiger partial charge is 0.495 e. The second kappa shape index (κ2) is 14.4. The van der Waals surface area contributed by atoms with E-state index in [0.29, 0.717) is 26.4 Å². The normalized spacial score (nSPS) is 18.9. The molecule has 0 amide bonds. The van der Waals surface area contributed by atoms with Gasteiger partial charge in [0.2, 0.25) is 0 Å². The average Bonchev–Trinajstić information content (AvgIpc) is 2.90. The van der Waals surface area contributed by atoms with E-state index >= 15 is 0 Å². The Labute approximate surface area is 216 Å². The third kappa shape index (κ3) is 8.04. The SMILES string of the molecule is Br.COc1ccc(N2CCN(C(=NC[C@H]3COCCO3)NCCSc3ccccc3)CC2)nc1. The van der Waals surface area contributed by atoms with Gasteiger partial charge < -0.3 is 29.3 Å². The van der Waals surface area contributed by atoms with Crippen molar-refractivity contribution < 1.29 is 14.2 Å². The van der Waals surface area contributed by atoms with E-state index in [1.807, 2.05) is 30.0 Å². The van der Waals surface area contributed by atoms with Crippen LogP contribution in [0.2, 0.25) is 0 Å². The van der Waals surface area contributed by atoms with Crippen LogP contribution in [0.4, 0.5) is 5.82 Å². The molecular formula is C24H34BrN5O3S. The fraction of sp³-hybridized carbons (Fsp3) is 0.500. The van der Waals surface area contributed by atoms with Gasteiger partial charge in [0, 0.05) is 43.4 Å². The number of rotatable bonds is 8. The lowest BCUT2D eigenvalue weighted by Gasteiger charge is -2.37. The highest BCUT2D eigenvalue weighted by Gasteiger charge is 2.22. The van der Waals surface area contributed by atoms with E-state index in [4.69, 9.17) is 19.2 Å². The molecule has 186 valence electrons. The molecule has 1 aromatic heterocycles. The molecule has 2 saturated heterocycles. The first-order valence-electron chi connectivity index (χ1n) is 11.5. The summed E-state index contributed by atoms with van der Waals surface area (Å²) in [7, 11) is 1.66. The van der Waals surface area contributed by atoms with Crippen molar-refractivity contribution in [2.24, 2.45) is 4.99 Å². The lowest BCUT2D eigenvalue weighted by atomic mass is 10.3. The number of guanidine groups is 1. The fourth-order valence-corrected chi connectivity index (χ4v) is 4.56. The van der Waals surface area contributed by atoms with Gasteiger partial charge in [-0.05, 0) is 24.3 Å². The Kier molecular flexibility index (Phi) is 11.3. The van der Waals surface area contributed by atoms with Gasteiger partial charge in [-0.3, -0.25) is 4.99 Å². The van der Waals surface area contributed by atoms with Gasteiger partial charge in [0.1, 0.15) is 17.7 Å². The summed E-state index contributed by atoms with van der Waals surface area (Å²) in [5.74, 6) is 3.68. The van der Waals surface area contributed by atoms with E-state index in [1.54, 1.807) is 13.3 Å². The minimum Gasteiger partial charge on any atom is -0.495 e. The minimum atomic E-state index is 0. The Hall–Kier alpha value is -2.01. The zero-order valence-electron chi connectivity index (χ0n) is 19.6. The van der Waals surface area contributed by atoms with Gasteiger partial charge >= 0.3 is 0 Å². The summed E-state index contributed by atoms with van der Waals surface area (Å²) >= 11 is 1.85. The molecule has 0 saturated carbocycles. The maximum atomic E-state index is 5.78. The second-order valence-corrected chi connectivity index (χ2v) is 9.02. The Morgan fingerprint density at radius 3 is 2.65 bits per heavy atom. The molecule has 10 heteroatoms. The van der Waals surface area contributed by atoms with Crippen molar-refractivity contribution in [3.05, 3.63) is 48.7 Å². The predicted molar refractivity (Wildman–Crippen MR) is 143 cm³/mol. The van der Waals surface area contributed by atoms with E-state index in [-0.39, 0.29) is 23.1 Å². The number of halogens is 1. The third-order valence-electron chi connectivity index (χ3n) is 5.59. The molecule has 34 heavy (non-hydrogen) atoms. The number of hydrogen-bond donors (Lipinski definition) is 1. The lowest BCUT2D eigenvalue weighted by Crippen LogP contribution is -2.53. The summed E-state index contributed by atoms with van der Waals surface area (Å²) in [4.78, 5) is 15.4. The molecule has 0 spiro atoms. The van der Waals surface area contributed by atoms with E-state index in [2.05, 4.69) is 44.4 Å². The Morgan fingerprint density at radius 1 is 1.15 bits per heavy atom. The van der Waals surface area contributed by atoms with Gasteiger partial charge in [0.05, 0.1) is 39.7 Å². The maximum absolute atomic E-state index is 5.78. The third-order valence-corrected chi connectivity index (χ3v) is 6.60. The molecule has 2 aromatic rings. The number of benzene rings is 1. The maximum Gasteiger partial charge on any atom is 0.194 e. The van der Waals surface area contributed by atoms with Crippen LogP contribution in [0.25, 0.3) is 0 Å². The highest BCUT2D eigenvalue weighted by atomic mass is 79.9. The highest BCUT2D eigenvalue weighted by molar-refractivity contribution is 8.93. The lowest BCUT2D eigenvalue weighted by molar-refractivity contribution is -0.0833. The second-order valence-electron chi connectivity index (χ2n) is 7.85. The van der Waals surface area contributed by atoms with Crippen molar-refractivity contribution in [3.63, 3.8) is 0 Å². The molecule has 0 radical (unpaired) electrons. The van der Waals surface area contributed by atoms with Crippen LogP contribution in [-0.4, -0.2) is 93.9 Å². The molecule has 0 aliphatic carbocycles. The van der Waals surface area contributed by atoms with Gasteiger partial charge in [-0.25, -0.2) is 4.98 Å². The summed E-state index contributed by atoms with van der Waals surface area (Å²) in [6.07, 6.45) is 1.80.